The molecule has 0 amide bonds. The number of methoxy groups -OCH3 is 1. The zero-order valence-electron chi connectivity index (χ0n) is 12.7. The van der Waals surface area contributed by atoms with Gasteiger partial charge < -0.3 is 10.1 Å². The second kappa shape index (κ2) is 6.33. The average Bonchev–Trinajstić information content (AvgIpc) is 2.36. The molecule has 4 heteroatoms. The number of rotatable bonds is 6. The van der Waals surface area contributed by atoms with Crippen LogP contribution >= 0.6 is 12.4 Å². The molecule has 116 valence electrons. The summed E-state index contributed by atoms with van der Waals surface area (Å²) in [7, 11) is 1.70. The first-order chi connectivity index (χ1) is 9.13. The maximum atomic E-state index is 12.9. The second-order valence-corrected chi connectivity index (χ2v) is 7.23. The smallest absolute Gasteiger partial charge is 0.155 e. The van der Waals surface area contributed by atoms with Crippen LogP contribution in [0.25, 0.3) is 0 Å². The minimum absolute atomic E-state index is 0. The molecule has 0 aromatic rings. The molecule has 1 N–H and O–H groups in total. The SMILES string of the molecule is COCCNC(C)C(=O)C12CC3CC(CC(C3)C1)C2.Cl. The molecule has 20 heavy (non-hydrogen) atoms. The molecule has 3 nitrogen and oxygen atoms in total. The second-order valence-electron chi connectivity index (χ2n) is 7.23. The van der Waals surface area contributed by atoms with Gasteiger partial charge in [-0.05, 0) is 63.2 Å². The third-order valence-electron chi connectivity index (χ3n) is 5.71. The van der Waals surface area contributed by atoms with Gasteiger partial charge in [-0.15, -0.1) is 12.4 Å². The summed E-state index contributed by atoms with van der Waals surface area (Å²) in [5, 5.41) is 3.33. The molecule has 0 heterocycles. The Hall–Kier alpha value is -0.120. The molecule has 0 aliphatic heterocycles. The summed E-state index contributed by atoms with van der Waals surface area (Å²) in [6.07, 6.45) is 7.73. The highest BCUT2D eigenvalue weighted by molar-refractivity contribution is 5.89. The largest absolute Gasteiger partial charge is 0.383 e. The predicted molar refractivity (Wildman–Crippen MR) is 82.2 cm³/mol. The summed E-state index contributed by atoms with van der Waals surface area (Å²) in [5.74, 6) is 3.03. The van der Waals surface area contributed by atoms with Crippen LogP contribution in [0, 0.1) is 23.2 Å². The Morgan fingerprint density at radius 1 is 1.20 bits per heavy atom. The first-order valence-electron chi connectivity index (χ1n) is 7.89. The summed E-state index contributed by atoms with van der Waals surface area (Å²) < 4.78 is 5.05. The Morgan fingerprint density at radius 3 is 2.15 bits per heavy atom. The van der Waals surface area contributed by atoms with Crippen LogP contribution in [0.3, 0.4) is 0 Å². The number of carbonyl (C=O) groups is 1. The molecule has 1 atom stereocenters. The molecule has 0 aromatic carbocycles. The van der Waals surface area contributed by atoms with Crippen LogP contribution in [0.4, 0.5) is 0 Å². The highest BCUT2D eigenvalue weighted by Gasteiger charge is 2.54. The topological polar surface area (TPSA) is 38.3 Å². The van der Waals surface area contributed by atoms with E-state index in [0.717, 1.165) is 24.3 Å². The van der Waals surface area contributed by atoms with Gasteiger partial charge in [-0.25, -0.2) is 0 Å². The fraction of sp³-hybridized carbons (Fsp3) is 0.938. The van der Waals surface area contributed by atoms with Crippen molar-refractivity contribution in [3.8, 4) is 0 Å². The van der Waals surface area contributed by atoms with Crippen LogP contribution in [0.1, 0.15) is 45.4 Å². The summed E-state index contributed by atoms with van der Waals surface area (Å²) in [4.78, 5) is 12.9. The fourth-order valence-electron chi connectivity index (χ4n) is 5.34. The van der Waals surface area contributed by atoms with E-state index in [1.807, 2.05) is 6.92 Å². The van der Waals surface area contributed by atoms with Gasteiger partial charge in [0.1, 0.15) is 0 Å². The van der Waals surface area contributed by atoms with Gasteiger partial charge in [0.25, 0.3) is 0 Å². The third kappa shape index (κ3) is 2.90. The molecular formula is C16H28ClNO2. The van der Waals surface area contributed by atoms with Gasteiger partial charge in [0.2, 0.25) is 0 Å². The van der Waals surface area contributed by atoms with E-state index >= 15 is 0 Å². The van der Waals surface area contributed by atoms with Crippen molar-refractivity contribution >= 4 is 18.2 Å². The quantitative estimate of drug-likeness (QED) is 0.767. The number of Topliss-reactive ketones (excluding diaryl/α,β-unsaturated/α-hetero) is 1. The minimum atomic E-state index is -0.00796. The third-order valence-corrected chi connectivity index (χ3v) is 5.71. The highest BCUT2D eigenvalue weighted by Crippen LogP contribution is 2.60. The lowest BCUT2D eigenvalue weighted by atomic mass is 9.48. The number of hydrogen-bond acceptors (Lipinski definition) is 3. The van der Waals surface area contributed by atoms with Crippen molar-refractivity contribution in [2.45, 2.75) is 51.5 Å². The Labute approximate surface area is 128 Å². The highest BCUT2D eigenvalue weighted by atomic mass is 35.5. The first-order valence-corrected chi connectivity index (χ1v) is 7.89. The van der Waals surface area contributed by atoms with Gasteiger partial charge in [-0.2, -0.15) is 0 Å². The van der Waals surface area contributed by atoms with Gasteiger partial charge in [0, 0.05) is 19.1 Å². The van der Waals surface area contributed by atoms with Crippen molar-refractivity contribution in [1.29, 1.82) is 0 Å². The lowest BCUT2D eigenvalue weighted by Crippen LogP contribution is -2.54. The average molecular weight is 302 g/mol. The molecular weight excluding hydrogens is 274 g/mol. The normalized spacial score (nSPS) is 39.4. The van der Waals surface area contributed by atoms with Crippen molar-refractivity contribution in [2.24, 2.45) is 23.2 Å². The van der Waals surface area contributed by atoms with E-state index in [0.29, 0.717) is 12.4 Å². The Morgan fingerprint density at radius 2 is 1.70 bits per heavy atom. The van der Waals surface area contributed by atoms with E-state index < -0.39 is 0 Å². The Kier molecular flexibility index (Phi) is 5.14. The van der Waals surface area contributed by atoms with Crippen molar-refractivity contribution in [3.63, 3.8) is 0 Å². The van der Waals surface area contributed by atoms with Gasteiger partial charge in [-0.3, -0.25) is 4.79 Å². The monoisotopic (exact) mass is 301 g/mol. The number of nitrogens with one attached hydrogen (secondary N) is 1. The summed E-state index contributed by atoms with van der Waals surface area (Å²) in [5.41, 5.74) is 0.0360. The number of hydrogen-bond donors (Lipinski definition) is 1. The summed E-state index contributed by atoms with van der Waals surface area (Å²) in [6.45, 7) is 3.49. The maximum absolute atomic E-state index is 12.9. The van der Waals surface area contributed by atoms with Crippen molar-refractivity contribution in [3.05, 3.63) is 0 Å². The van der Waals surface area contributed by atoms with Crippen LogP contribution < -0.4 is 5.32 Å². The van der Waals surface area contributed by atoms with E-state index in [9.17, 15) is 4.79 Å². The van der Waals surface area contributed by atoms with E-state index in [1.54, 1.807) is 7.11 Å². The van der Waals surface area contributed by atoms with Gasteiger partial charge in [-0.1, -0.05) is 0 Å². The Balaban J connectivity index is 0.00000147. The molecule has 1 unspecified atom stereocenters. The minimum Gasteiger partial charge on any atom is -0.383 e. The Bertz CT molecular complexity index is 323. The van der Waals surface area contributed by atoms with E-state index in [4.69, 9.17) is 4.74 Å². The van der Waals surface area contributed by atoms with E-state index in [-0.39, 0.29) is 23.9 Å². The van der Waals surface area contributed by atoms with Crippen LogP contribution in [-0.4, -0.2) is 32.1 Å². The molecule has 4 rings (SSSR count). The lowest BCUT2D eigenvalue weighted by molar-refractivity contribution is -0.145. The van der Waals surface area contributed by atoms with Gasteiger partial charge >= 0.3 is 0 Å². The van der Waals surface area contributed by atoms with Crippen LogP contribution in [0.2, 0.25) is 0 Å². The van der Waals surface area contributed by atoms with Gasteiger partial charge in [0.15, 0.2) is 5.78 Å². The zero-order valence-corrected chi connectivity index (χ0v) is 13.5. The number of halogens is 1. The van der Waals surface area contributed by atoms with Crippen molar-refractivity contribution in [2.75, 3.05) is 20.3 Å². The van der Waals surface area contributed by atoms with Crippen LogP contribution in [0.15, 0.2) is 0 Å². The molecule has 4 aliphatic rings. The molecule has 4 saturated carbocycles. The maximum Gasteiger partial charge on any atom is 0.155 e. The molecule has 0 spiro atoms. The zero-order chi connectivity index (χ0) is 13.5. The fourth-order valence-corrected chi connectivity index (χ4v) is 5.34. The van der Waals surface area contributed by atoms with Crippen molar-refractivity contribution in [1.82, 2.24) is 5.32 Å². The van der Waals surface area contributed by atoms with Crippen molar-refractivity contribution < 1.29 is 9.53 Å². The summed E-state index contributed by atoms with van der Waals surface area (Å²) in [6, 6.07) is -0.00796. The van der Waals surface area contributed by atoms with Crippen LogP contribution in [-0.2, 0) is 9.53 Å². The lowest BCUT2D eigenvalue weighted by Gasteiger charge is -2.56. The molecule has 0 aromatic heterocycles. The van der Waals surface area contributed by atoms with Crippen LogP contribution in [0.5, 0.6) is 0 Å². The molecule has 4 aliphatic carbocycles. The molecule has 4 fully saturated rings. The number of ether oxygens (including phenoxy) is 1. The molecule has 4 bridgehead atoms. The predicted octanol–water partition coefficient (Wildman–Crippen LogP) is 2.82. The standard InChI is InChI=1S/C16H27NO2.ClH/c1-11(17-3-4-19-2)15(18)16-8-12-5-13(9-16)7-14(6-12)10-16;/h11-14,17H,3-10H2,1-2H3;1H. The first kappa shape index (κ1) is 16.3. The van der Waals surface area contributed by atoms with E-state index in [2.05, 4.69) is 5.32 Å². The number of ketones is 1. The van der Waals surface area contributed by atoms with Gasteiger partial charge in [0.05, 0.1) is 12.6 Å². The molecule has 0 radical (unpaired) electrons. The number of carbonyl (C=O) groups excluding carboxylic acids is 1. The van der Waals surface area contributed by atoms with E-state index in [1.165, 1.54) is 38.5 Å². The summed E-state index contributed by atoms with van der Waals surface area (Å²) >= 11 is 0. The molecule has 0 saturated heterocycles.